The number of nitrogens with one attached hydrogen (secondary N) is 1. The van der Waals surface area contributed by atoms with Crippen LogP contribution in [0, 0.1) is 17.0 Å². The Balaban J connectivity index is 1.52. The van der Waals surface area contributed by atoms with Crippen molar-refractivity contribution in [3.8, 4) is 0 Å². The number of thioether (sulfide) groups is 1. The van der Waals surface area contributed by atoms with Crippen molar-refractivity contribution in [1.29, 1.82) is 0 Å². The molecule has 0 aromatic heterocycles. The lowest BCUT2D eigenvalue weighted by Crippen LogP contribution is -2.33. The van der Waals surface area contributed by atoms with Crippen molar-refractivity contribution < 1.29 is 14.5 Å². The number of non-ortho nitro benzene ring substituents is 1. The summed E-state index contributed by atoms with van der Waals surface area (Å²) in [7, 11) is 0. The molecule has 1 heterocycles. The molecule has 0 aliphatic carbocycles. The Morgan fingerprint density at radius 1 is 1.11 bits per heavy atom. The Bertz CT molecular complexity index is 1310. The van der Waals surface area contributed by atoms with Crippen molar-refractivity contribution in [2.24, 2.45) is 10.2 Å². The van der Waals surface area contributed by atoms with Gasteiger partial charge in [0.15, 0.2) is 5.17 Å². The second-order valence-electron chi connectivity index (χ2n) is 7.71. The molecule has 10 heteroatoms. The van der Waals surface area contributed by atoms with E-state index in [0.717, 1.165) is 22.9 Å². The third-order valence-corrected chi connectivity index (χ3v) is 6.22. The molecule has 3 aromatic carbocycles. The first kappa shape index (κ1) is 23.8. The fourth-order valence-corrected chi connectivity index (χ4v) is 4.45. The summed E-state index contributed by atoms with van der Waals surface area (Å²) < 4.78 is 0. The zero-order valence-corrected chi connectivity index (χ0v) is 19.5. The Morgan fingerprint density at radius 2 is 1.86 bits per heavy atom. The lowest BCUT2D eigenvalue weighted by atomic mass is 10.2. The minimum Gasteiger partial charge on any atom is -0.326 e. The van der Waals surface area contributed by atoms with Crippen molar-refractivity contribution in [1.82, 2.24) is 0 Å². The van der Waals surface area contributed by atoms with Gasteiger partial charge >= 0.3 is 0 Å². The molecule has 0 saturated carbocycles. The average molecular weight is 488 g/mol. The number of nitrogens with zero attached hydrogens (tertiary/aromatic N) is 4. The minimum absolute atomic E-state index is 0.129. The number of nitro benzene ring substituents is 1. The summed E-state index contributed by atoms with van der Waals surface area (Å²) in [4.78, 5) is 37.7. The first-order valence-corrected chi connectivity index (χ1v) is 11.6. The Labute approximate surface area is 205 Å². The first-order chi connectivity index (χ1) is 16.9. The van der Waals surface area contributed by atoms with Gasteiger partial charge in [-0.1, -0.05) is 65.9 Å². The summed E-state index contributed by atoms with van der Waals surface area (Å²) in [6.45, 7) is 2.00. The van der Waals surface area contributed by atoms with Crippen LogP contribution in [-0.2, 0) is 9.59 Å². The number of amides is 2. The number of aryl methyl sites for hydroxylation is 1. The van der Waals surface area contributed by atoms with Crippen LogP contribution in [-0.4, -0.2) is 33.4 Å². The van der Waals surface area contributed by atoms with E-state index >= 15 is 0 Å². The molecule has 1 N–H and O–H groups in total. The number of nitro groups is 1. The number of rotatable bonds is 7. The summed E-state index contributed by atoms with van der Waals surface area (Å²) in [5, 5.41) is 21.7. The monoisotopic (exact) mass is 487 g/mol. The molecule has 3 aromatic rings. The Morgan fingerprint density at radius 3 is 2.57 bits per heavy atom. The topological polar surface area (TPSA) is 117 Å². The molecular weight excluding hydrogens is 466 g/mol. The van der Waals surface area contributed by atoms with Crippen molar-refractivity contribution in [3.05, 3.63) is 100 Å². The lowest BCUT2D eigenvalue weighted by molar-refractivity contribution is -0.384. The van der Waals surface area contributed by atoms with Crippen molar-refractivity contribution in [2.45, 2.75) is 18.6 Å². The highest BCUT2D eigenvalue weighted by molar-refractivity contribution is 8.16. The largest absolute Gasteiger partial charge is 0.326 e. The van der Waals surface area contributed by atoms with Gasteiger partial charge in [0.05, 0.1) is 16.8 Å². The smallest absolute Gasteiger partial charge is 0.271 e. The molecule has 35 heavy (non-hydrogen) atoms. The molecule has 0 spiro atoms. The zero-order chi connectivity index (χ0) is 24.8. The molecule has 1 fully saturated rings. The zero-order valence-electron chi connectivity index (χ0n) is 18.7. The summed E-state index contributed by atoms with van der Waals surface area (Å²) in [6.07, 6.45) is 1.47. The molecule has 0 bridgehead atoms. The van der Waals surface area contributed by atoms with Crippen LogP contribution in [0.2, 0.25) is 0 Å². The molecular formula is C25H21N5O4S. The number of amidine groups is 1. The number of benzene rings is 3. The molecule has 176 valence electrons. The van der Waals surface area contributed by atoms with Crippen LogP contribution >= 0.6 is 11.8 Å². The normalized spacial score (nSPS) is 16.7. The Hall–Kier alpha value is -4.31. The van der Waals surface area contributed by atoms with Crippen molar-refractivity contribution in [3.63, 3.8) is 0 Å². The van der Waals surface area contributed by atoms with Crippen LogP contribution in [0.1, 0.15) is 17.5 Å². The van der Waals surface area contributed by atoms with E-state index in [1.54, 1.807) is 24.4 Å². The standard InChI is InChI=1S/C25H21N5O4S/c1-17-10-12-18(13-11-17)16-26-28-25-29(20-7-3-2-4-8-20)24(32)22(35-25)15-23(31)27-19-6-5-9-21(14-19)30(33)34/h2-14,16,22H,15H2,1H3,(H,27,31). The van der Waals surface area contributed by atoms with Gasteiger partial charge in [-0.15, -0.1) is 5.10 Å². The average Bonchev–Trinajstić information content (AvgIpc) is 3.15. The minimum atomic E-state index is -0.720. The fourth-order valence-electron chi connectivity index (χ4n) is 3.36. The molecule has 1 aliphatic rings. The van der Waals surface area contributed by atoms with Gasteiger partial charge < -0.3 is 5.32 Å². The number of hydrogen-bond acceptors (Lipinski definition) is 7. The van der Waals surface area contributed by atoms with Gasteiger partial charge in [0.2, 0.25) is 11.8 Å². The summed E-state index contributed by atoms with van der Waals surface area (Å²) in [6, 6.07) is 22.4. The highest BCUT2D eigenvalue weighted by Crippen LogP contribution is 2.34. The Kier molecular flexibility index (Phi) is 7.32. The summed E-state index contributed by atoms with van der Waals surface area (Å²) >= 11 is 1.15. The van der Waals surface area contributed by atoms with Crippen molar-refractivity contribution in [2.75, 3.05) is 10.2 Å². The highest BCUT2D eigenvalue weighted by atomic mass is 32.2. The number of para-hydroxylation sites is 1. The van der Waals surface area contributed by atoms with E-state index < -0.39 is 16.1 Å². The SMILES string of the molecule is Cc1ccc(C=NN=C2SC(CC(=O)Nc3cccc([N+](=O)[O-])c3)C(=O)N2c2ccccc2)cc1. The maximum absolute atomic E-state index is 13.2. The van der Waals surface area contributed by atoms with Crippen molar-refractivity contribution >= 4 is 52.0 Å². The number of hydrogen-bond donors (Lipinski definition) is 1. The fraction of sp³-hybridized carbons (Fsp3) is 0.120. The number of anilines is 2. The molecule has 2 amide bonds. The van der Waals surface area contributed by atoms with E-state index in [1.807, 2.05) is 49.4 Å². The quantitative estimate of drug-likeness (QED) is 0.293. The van der Waals surface area contributed by atoms with E-state index in [0.29, 0.717) is 10.9 Å². The summed E-state index contributed by atoms with van der Waals surface area (Å²) in [5.41, 5.74) is 2.78. The van der Waals surface area contributed by atoms with Crippen LogP contribution in [0.5, 0.6) is 0 Å². The lowest BCUT2D eigenvalue weighted by Gasteiger charge is -2.15. The molecule has 1 saturated heterocycles. The van der Waals surface area contributed by atoms with E-state index in [-0.39, 0.29) is 23.7 Å². The van der Waals surface area contributed by atoms with Gasteiger partial charge in [-0.2, -0.15) is 5.10 Å². The number of carbonyl (C=O) groups is 2. The molecule has 1 atom stereocenters. The van der Waals surface area contributed by atoms with E-state index in [4.69, 9.17) is 0 Å². The maximum Gasteiger partial charge on any atom is 0.271 e. The first-order valence-electron chi connectivity index (χ1n) is 10.7. The van der Waals surface area contributed by atoms with Crippen LogP contribution < -0.4 is 10.2 Å². The van der Waals surface area contributed by atoms with Crippen LogP contribution in [0.3, 0.4) is 0 Å². The highest BCUT2D eigenvalue weighted by Gasteiger charge is 2.40. The molecule has 4 rings (SSSR count). The van der Waals surface area contributed by atoms with Crippen LogP contribution in [0.4, 0.5) is 17.1 Å². The van der Waals surface area contributed by atoms with Crippen LogP contribution in [0.25, 0.3) is 0 Å². The predicted octanol–water partition coefficient (Wildman–Crippen LogP) is 4.77. The van der Waals surface area contributed by atoms with Gasteiger partial charge in [-0.3, -0.25) is 24.6 Å². The molecule has 0 radical (unpaired) electrons. The maximum atomic E-state index is 13.2. The second kappa shape index (κ2) is 10.7. The third kappa shape index (κ3) is 5.98. The third-order valence-electron chi connectivity index (χ3n) is 5.09. The second-order valence-corrected chi connectivity index (χ2v) is 8.88. The molecule has 9 nitrogen and oxygen atoms in total. The van der Waals surface area contributed by atoms with E-state index in [2.05, 4.69) is 15.5 Å². The summed E-state index contributed by atoms with van der Waals surface area (Å²) in [5.74, 6) is -0.728. The molecule has 1 aliphatic heterocycles. The van der Waals surface area contributed by atoms with Gasteiger partial charge in [0, 0.05) is 24.2 Å². The van der Waals surface area contributed by atoms with E-state index in [9.17, 15) is 19.7 Å². The number of carbonyl (C=O) groups excluding carboxylic acids is 2. The van der Waals surface area contributed by atoms with Gasteiger partial charge in [0.1, 0.15) is 5.25 Å². The predicted molar refractivity (Wildman–Crippen MR) is 138 cm³/mol. The molecule has 1 unspecified atom stereocenters. The van der Waals surface area contributed by atoms with Gasteiger partial charge in [-0.05, 0) is 30.7 Å². The van der Waals surface area contributed by atoms with Gasteiger partial charge in [0.25, 0.3) is 5.69 Å². The van der Waals surface area contributed by atoms with E-state index in [1.165, 1.54) is 23.1 Å². The van der Waals surface area contributed by atoms with Crippen LogP contribution in [0.15, 0.2) is 89.1 Å². The van der Waals surface area contributed by atoms with Gasteiger partial charge in [-0.25, -0.2) is 0 Å².